The summed E-state index contributed by atoms with van der Waals surface area (Å²) in [5.41, 5.74) is 2.84. The van der Waals surface area contributed by atoms with Crippen molar-refractivity contribution in [3.8, 4) is 0 Å². The van der Waals surface area contributed by atoms with Crippen LogP contribution in [0.4, 0.5) is 5.69 Å². The zero-order valence-electron chi connectivity index (χ0n) is 19.6. The normalized spacial score (nSPS) is 12.3. The van der Waals surface area contributed by atoms with Gasteiger partial charge in [0, 0.05) is 12.6 Å². The molecule has 0 aliphatic carbocycles. The van der Waals surface area contributed by atoms with E-state index in [1.54, 1.807) is 6.92 Å². The molecule has 0 aliphatic heterocycles. The third kappa shape index (κ3) is 6.56. The predicted octanol–water partition coefficient (Wildman–Crippen LogP) is 3.01. The van der Waals surface area contributed by atoms with Gasteiger partial charge in [-0.05, 0) is 51.3 Å². The van der Waals surface area contributed by atoms with Gasteiger partial charge < -0.3 is 10.2 Å². The molecule has 0 aromatic heterocycles. The van der Waals surface area contributed by atoms with Gasteiger partial charge in [0.15, 0.2) is 0 Å². The van der Waals surface area contributed by atoms with E-state index in [1.165, 1.54) is 4.90 Å². The minimum atomic E-state index is -3.74. The second kappa shape index (κ2) is 10.6. The van der Waals surface area contributed by atoms with Crippen molar-refractivity contribution in [1.29, 1.82) is 0 Å². The van der Waals surface area contributed by atoms with E-state index < -0.39 is 28.5 Å². The zero-order valence-corrected chi connectivity index (χ0v) is 20.4. The maximum Gasteiger partial charge on any atom is 0.244 e. The summed E-state index contributed by atoms with van der Waals surface area (Å²) in [6.45, 7) is 8.77. The summed E-state index contributed by atoms with van der Waals surface area (Å²) in [4.78, 5) is 27.6. The zero-order chi connectivity index (χ0) is 24.1. The Labute approximate surface area is 191 Å². The standard InChI is InChI=1S/C24H33N3O4S/c1-17(2)25-24(29)20(5)26(15-21-13-8-7-9-14-21)22(28)16-27(32(6,30)31)23-18(3)11-10-12-19(23)4/h7-14,17,20H,15-16H2,1-6H3,(H,25,29)/t20-/m0/s1. The molecule has 0 saturated heterocycles. The van der Waals surface area contributed by atoms with Gasteiger partial charge >= 0.3 is 0 Å². The average Bonchev–Trinajstić information content (AvgIpc) is 2.70. The number of nitrogens with one attached hydrogen (secondary N) is 1. The lowest BCUT2D eigenvalue weighted by Crippen LogP contribution is -2.52. The summed E-state index contributed by atoms with van der Waals surface area (Å²) in [5.74, 6) is -0.740. The second-order valence-corrected chi connectivity index (χ2v) is 10.3. The predicted molar refractivity (Wildman–Crippen MR) is 128 cm³/mol. The van der Waals surface area contributed by atoms with Crippen LogP contribution >= 0.6 is 0 Å². The molecule has 1 N–H and O–H groups in total. The SMILES string of the molecule is Cc1cccc(C)c1N(CC(=O)N(Cc1ccccc1)[C@@H](C)C(=O)NC(C)C)S(C)(=O)=O. The summed E-state index contributed by atoms with van der Waals surface area (Å²) in [5, 5.41) is 2.83. The summed E-state index contributed by atoms with van der Waals surface area (Å²) in [7, 11) is -3.74. The number of carbonyl (C=O) groups excluding carboxylic acids is 2. The van der Waals surface area contributed by atoms with Crippen LogP contribution in [0.2, 0.25) is 0 Å². The van der Waals surface area contributed by atoms with Gasteiger partial charge in [-0.15, -0.1) is 0 Å². The molecule has 0 heterocycles. The highest BCUT2D eigenvalue weighted by Gasteiger charge is 2.31. The first kappa shape index (κ1) is 25.4. The fourth-order valence-corrected chi connectivity index (χ4v) is 4.51. The number of hydrogen-bond acceptors (Lipinski definition) is 4. The number of anilines is 1. The number of nitrogens with zero attached hydrogens (tertiary/aromatic N) is 2. The number of sulfonamides is 1. The Morgan fingerprint density at radius 3 is 2.00 bits per heavy atom. The summed E-state index contributed by atoms with van der Waals surface area (Å²) >= 11 is 0. The van der Waals surface area contributed by atoms with Crippen LogP contribution < -0.4 is 9.62 Å². The Morgan fingerprint density at radius 1 is 0.938 bits per heavy atom. The van der Waals surface area contributed by atoms with Gasteiger partial charge in [0.25, 0.3) is 0 Å². The molecule has 174 valence electrons. The van der Waals surface area contributed by atoms with Gasteiger partial charge in [0.1, 0.15) is 12.6 Å². The molecule has 0 unspecified atom stereocenters. The van der Waals surface area contributed by atoms with E-state index in [9.17, 15) is 18.0 Å². The number of para-hydroxylation sites is 1. The average molecular weight is 460 g/mol. The minimum absolute atomic E-state index is 0.0826. The fourth-order valence-electron chi connectivity index (χ4n) is 3.54. The molecule has 7 nitrogen and oxygen atoms in total. The maximum absolute atomic E-state index is 13.5. The Hall–Kier alpha value is -2.87. The highest BCUT2D eigenvalue weighted by molar-refractivity contribution is 7.92. The number of benzene rings is 2. The van der Waals surface area contributed by atoms with E-state index >= 15 is 0 Å². The van der Waals surface area contributed by atoms with Crippen LogP contribution in [-0.4, -0.2) is 50.0 Å². The molecule has 32 heavy (non-hydrogen) atoms. The number of rotatable bonds is 9. The van der Waals surface area contributed by atoms with Crippen LogP contribution in [0.15, 0.2) is 48.5 Å². The maximum atomic E-state index is 13.5. The highest BCUT2D eigenvalue weighted by atomic mass is 32.2. The molecule has 0 saturated carbocycles. The number of carbonyl (C=O) groups is 2. The van der Waals surface area contributed by atoms with Crippen molar-refractivity contribution in [2.24, 2.45) is 0 Å². The Balaban J connectivity index is 2.43. The lowest BCUT2D eigenvalue weighted by molar-refractivity contribution is -0.139. The van der Waals surface area contributed by atoms with Gasteiger partial charge in [-0.25, -0.2) is 8.42 Å². The first-order valence-electron chi connectivity index (χ1n) is 10.6. The molecule has 2 aromatic rings. The van der Waals surface area contributed by atoms with Crippen molar-refractivity contribution in [2.45, 2.75) is 53.2 Å². The topological polar surface area (TPSA) is 86.8 Å². The smallest absolute Gasteiger partial charge is 0.244 e. The molecule has 2 rings (SSSR count). The van der Waals surface area contributed by atoms with Crippen LogP contribution in [-0.2, 0) is 26.2 Å². The second-order valence-electron chi connectivity index (χ2n) is 8.36. The first-order chi connectivity index (χ1) is 14.9. The van der Waals surface area contributed by atoms with E-state index in [0.29, 0.717) is 5.69 Å². The summed E-state index contributed by atoms with van der Waals surface area (Å²) in [6.07, 6.45) is 1.09. The Kier molecular flexibility index (Phi) is 8.44. The van der Waals surface area contributed by atoms with Gasteiger partial charge in [-0.3, -0.25) is 13.9 Å². The lowest BCUT2D eigenvalue weighted by Gasteiger charge is -2.32. The molecule has 0 bridgehead atoms. The molecule has 0 aliphatic rings. The minimum Gasteiger partial charge on any atom is -0.352 e. The van der Waals surface area contributed by atoms with E-state index in [0.717, 1.165) is 27.3 Å². The van der Waals surface area contributed by atoms with Gasteiger partial charge in [0.05, 0.1) is 11.9 Å². The summed E-state index contributed by atoms with van der Waals surface area (Å²) < 4.78 is 26.5. The molecule has 1 atom stereocenters. The van der Waals surface area contributed by atoms with Crippen LogP contribution in [0.1, 0.15) is 37.5 Å². The lowest BCUT2D eigenvalue weighted by atomic mass is 10.1. The largest absolute Gasteiger partial charge is 0.352 e. The van der Waals surface area contributed by atoms with Crippen molar-refractivity contribution >= 4 is 27.5 Å². The molecular formula is C24H33N3O4S. The highest BCUT2D eigenvalue weighted by Crippen LogP contribution is 2.27. The van der Waals surface area contributed by atoms with Crippen molar-refractivity contribution in [2.75, 3.05) is 17.1 Å². The molecule has 0 fully saturated rings. The van der Waals surface area contributed by atoms with Gasteiger partial charge in [0.2, 0.25) is 21.8 Å². The Morgan fingerprint density at radius 2 is 1.50 bits per heavy atom. The molecular weight excluding hydrogens is 426 g/mol. The molecule has 2 aromatic carbocycles. The monoisotopic (exact) mass is 459 g/mol. The third-order valence-electron chi connectivity index (χ3n) is 5.16. The van der Waals surface area contributed by atoms with Crippen LogP contribution in [0, 0.1) is 13.8 Å². The summed E-state index contributed by atoms with van der Waals surface area (Å²) in [6, 6.07) is 13.9. The quantitative estimate of drug-likeness (QED) is 0.625. The number of amides is 2. The third-order valence-corrected chi connectivity index (χ3v) is 6.27. The Bertz CT molecular complexity index is 1030. The first-order valence-corrected chi connectivity index (χ1v) is 12.4. The van der Waals surface area contributed by atoms with Gasteiger partial charge in [-0.2, -0.15) is 0 Å². The molecule has 2 amide bonds. The van der Waals surface area contributed by atoms with E-state index in [2.05, 4.69) is 5.32 Å². The molecule has 0 spiro atoms. The van der Waals surface area contributed by atoms with Gasteiger partial charge in [-0.1, -0.05) is 48.5 Å². The van der Waals surface area contributed by atoms with Crippen LogP contribution in [0.25, 0.3) is 0 Å². The molecule has 8 heteroatoms. The van der Waals surface area contributed by atoms with Crippen molar-refractivity contribution < 1.29 is 18.0 Å². The number of hydrogen-bond donors (Lipinski definition) is 1. The van der Waals surface area contributed by atoms with E-state index in [1.807, 2.05) is 76.2 Å². The van der Waals surface area contributed by atoms with E-state index in [4.69, 9.17) is 0 Å². The number of aryl methyl sites for hydroxylation is 2. The van der Waals surface area contributed by atoms with Crippen LogP contribution in [0.3, 0.4) is 0 Å². The van der Waals surface area contributed by atoms with E-state index in [-0.39, 0.29) is 18.5 Å². The fraction of sp³-hybridized carbons (Fsp3) is 0.417. The van der Waals surface area contributed by atoms with Crippen molar-refractivity contribution in [3.63, 3.8) is 0 Å². The van der Waals surface area contributed by atoms with Crippen LogP contribution in [0.5, 0.6) is 0 Å². The van der Waals surface area contributed by atoms with Crippen molar-refractivity contribution in [1.82, 2.24) is 10.2 Å². The molecule has 0 radical (unpaired) electrons. The van der Waals surface area contributed by atoms with Crippen molar-refractivity contribution in [3.05, 3.63) is 65.2 Å².